The Balaban J connectivity index is 1.83. The molecule has 0 saturated heterocycles. The highest BCUT2D eigenvalue weighted by Crippen LogP contribution is 2.12. The number of amides is 1. The van der Waals surface area contributed by atoms with Crippen LogP contribution in [0.5, 0.6) is 5.75 Å². The summed E-state index contributed by atoms with van der Waals surface area (Å²) in [5.74, 6) is -0.921. The molecular formula is C16H15F2NO2. The Bertz CT molecular complexity index is 644. The molecule has 0 aliphatic heterocycles. The fraction of sp³-hybridized carbons (Fsp3) is 0.188. The van der Waals surface area contributed by atoms with E-state index in [0.29, 0.717) is 5.75 Å². The highest BCUT2D eigenvalue weighted by Gasteiger charge is 2.07. The molecule has 5 heteroatoms. The number of halogens is 2. The summed E-state index contributed by atoms with van der Waals surface area (Å²) in [6.45, 7) is 1.65. The van der Waals surface area contributed by atoms with Gasteiger partial charge in [0.15, 0.2) is 6.61 Å². The van der Waals surface area contributed by atoms with Gasteiger partial charge in [-0.2, -0.15) is 0 Å². The molecule has 0 heterocycles. The van der Waals surface area contributed by atoms with Crippen LogP contribution in [0.3, 0.4) is 0 Å². The van der Waals surface area contributed by atoms with E-state index in [2.05, 4.69) is 5.32 Å². The number of ether oxygens (including phenoxy) is 1. The van der Waals surface area contributed by atoms with Crippen molar-refractivity contribution in [2.75, 3.05) is 6.61 Å². The lowest BCUT2D eigenvalue weighted by atomic mass is 10.2. The standard InChI is InChI=1S/C16H15F2NO2/c1-11-3-2-4-14(7-11)21-10-16(20)19-9-12-8-13(17)5-6-15(12)18/h2-8H,9-10H2,1H3,(H,19,20). The maximum absolute atomic E-state index is 13.4. The third-order valence-corrected chi connectivity index (χ3v) is 2.84. The molecule has 0 unspecified atom stereocenters. The van der Waals surface area contributed by atoms with Crippen molar-refractivity contribution < 1.29 is 18.3 Å². The van der Waals surface area contributed by atoms with Crippen LogP contribution in [-0.4, -0.2) is 12.5 Å². The van der Waals surface area contributed by atoms with E-state index >= 15 is 0 Å². The van der Waals surface area contributed by atoms with Crippen LogP contribution in [0.1, 0.15) is 11.1 Å². The molecule has 110 valence electrons. The molecule has 3 nitrogen and oxygen atoms in total. The van der Waals surface area contributed by atoms with Crippen LogP contribution in [0.2, 0.25) is 0 Å². The molecule has 2 aromatic rings. The molecule has 1 N–H and O–H groups in total. The summed E-state index contributed by atoms with van der Waals surface area (Å²) < 4.78 is 31.7. The summed E-state index contributed by atoms with van der Waals surface area (Å²) in [6, 6.07) is 10.4. The Hall–Kier alpha value is -2.43. The maximum atomic E-state index is 13.4. The number of hydrogen-bond acceptors (Lipinski definition) is 2. The Morgan fingerprint density at radius 3 is 2.76 bits per heavy atom. The minimum Gasteiger partial charge on any atom is -0.484 e. The molecule has 2 rings (SSSR count). The Labute approximate surface area is 121 Å². The van der Waals surface area contributed by atoms with Crippen LogP contribution in [0.15, 0.2) is 42.5 Å². The molecule has 21 heavy (non-hydrogen) atoms. The van der Waals surface area contributed by atoms with E-state index in [0.717, 1.165) is 23.8 Å². The maximum Gasteiger partial charge on any atom is 0.258 e. The number of carbonyl (C=O) groups is 1. The minimum atomic E-state index is -0.559. The Kier molecular flexibility index (Phi) is 4.87. The molecule has 0 aliphatic carbocycles. The van der Waals surface area contributed by atoms with Crippen LogP contribution in [-0.2, 0) is 11.3 Å². The van der Waals surface area contributed by atoms with Gasteiger partial charge in [0, 0.05) is 12.1 Å². The molecule has 2 aromatic carbocycles. The van der Waals surface area contributed by atoms with Gasteiger partial charge in [0.25, 0.3) is 5.91 Å². The lowest BCUT2D eigenvalue weighted by molar-refractivity contribution is -0.123. The second-order valence-electron chi connectivity index (χ2n) is 4.62. The van der Waals surface area contributed by atoms with Crippen molar-refractivity contribution in [2.24, 2.45) is 0 Å². The van der Waals surface area contributed by atoms with Gasteiger partial charge in [-0.15, -0.1) is 0 Å². The summed E-state index contributed by atoms with van der Waals surface area (Å²) in [5.41, 5.74) is 1.12. The highest BCUT2D eigenvalue weighted by molar-refractivity contribution is 5.77. The largest absolute Gasteiger partial charge is 0.484 e. The van der Waals surface area contributed by atoms with E-state index < -0.39 is 17.5 Å². The average Bonchev–Trinajstić information content (AvgIpc) is 2.46. The van der Waals surface area contributed by atoms with Crippen molar-refractivity contribution in [3.8, 4) is 5.75 Å². The van der Waals surface area contributed by atoms with Gasteiger partial charge < -0.3 is 10.1 Å². The molecule has 0 aromatic heterocycles. The van der Waals surface area contributed by atoms with Crippen molar-refractivity contribution in [3.05, 3.63) is 65.2 Å². The van der Waals surface area contributed by atoms with Crippen molar-refractivity contribution in [1.29, 1.82) is 0 Å². The highest BCUT2D eigenvalue weighted by atomic mass is 19.1. The number of carbonyl (C=O) groups excluding carboxylic acids is 1. The van der Waals surface area contributed by atoms with Crippen LogP contribution in [0.4, 0.5) is 8.78 Å². The van der Waals surface area contributed by atoms with Crippen LogP contribution in [0, 0.1) is 18.6 Å². The zero-order valence-electron chi connectivity index (χ0n) is 11.5. The summed E-state index contributed by atoms with van der Waals surface area (Å²) in [5, 5.41) is 2.48. The molecule has 1 amide bonds. The zero-order valence-corrected chi connectivity index (χ0v) is 11.5. The molecule has 0 aliphatic rings. The first-order valence-electron chi connectivity index (χ1n) is 6.44. The van der Waals surface area contributed by atoms with E-state index in [1.807, 2.05) is 19.1 Å². The molecule has 0 bridgehead atoms. The summed E-state index contributed by atoms with van der Waals surface area (Å²) in [6.07, 6.45) is 0. The lowest BCUT2D eigenvalue weighted by Crippen LogP contribution is -2.28. The van der Waals surface area contributed by atoms with Gasteiger partial charge in [-0.25, -0.2) is 8.78 Å². The Morgan fingerprint density at radius 2 is 2.00 bits per heavy atom. The minimum absolute atomic E-state index is 0.0837. The van der Waals surface area contributed by atoms with Gasteiger partial charge in [-0.05, 0) is 42.8 Å². The monoisotopic (exact) mass is 291 g/mol. The third kappa shape index (κ3) is 4.56. The summed E-state index contributed by atoms with van der Waals surface area (Å²) in [7, 11) is 0. The third-order valence-electron chi connectivity index (χ3n) is 2.84. The predicted molar refractivity (Wildman–Crippen MR) is 74.9 cm³/mol. The van der Waals surface area contributed by atoms with Crippen LogP contribution < -0.4 is 10.1 Å². The SMILES string of the molecule is Cc1cccc(OCC(=O)NCc2cc(F)ccc2F)c1. The summed E-state index contributed by atoms with van der Waals surface area (Å²) in [4.78, 5) is 11.6. The van der Waals surface area contributed by atoms with Gasteiger partial charge >= 0.3 is 0 Å². The predicted octanol–water partition coefficient (Wildman–Crippen LogP) is 2.97. The van der Waals surface area contributed by atoms with Gasteiger partial charge in [0.1, 0.15) is 17.4 Å². The van der Waals surface area contributed by atoms with E-state index in [-0.39, 0.29) is 18.7 Å². The van der Waals surface area contributed by atoms with Gasteiger partial charge in [0.2, 0.25) is 0 Å². The van der Waals surface area contributed by atoms with Crippen molar-refractivity contribution in [1.82, 2.24) is 5.32 Å². The number of aryl methyl sites for hydroxylation is 1. The van der Waals surface area contributed by atoms with Crippen LogP contribution in [0.25, 0.3) is 0 Å². The molecule has 0 atom stereocenters. The molecule has 0 spiro atoms. The first kappa shape index (κ1) is 15.0. The van der Waals surface area contributed by atoms with Gasteiger partial charge in [-0.3, -0.25) is 4.79 Å². The summed E-state index contributed by atoms with van der Waals surface area (Å²) >= 11 is 0. The lowest BCUT2D eigenvalue weighted by Gasteiger charge is -2.08. The average molecular weight is 291 g/mol. The molecule has 0 fully saturated rings. The second kappa shape index (κ2) is 6.83. The smallest absolute Gasteiger partial charge is 0.258 e. The number of hydrogen-bond donors (Lipinski definition) is 1. The number of rotatable bonds is 5. The first-order chi connectivity index (χ1) is 10.0. The van der Waals surface area contributed by atoms with E-state index in [1.54, 1.807) is 12.1 Å². The Morgan fingerprint density at radius 1 is 1.19 bits per heavy atom. The van der Waals surface area contributed by atoms with Crippen molar-refractivity contribution >= 4 is 5.91 Å². The normalized spacial score (nSPS) is 10.2. The number of benzene rings is 2. The van der Waals surface area contributed by atoms with Crippen LogP contribution >= 0.6 is 0 Å². The van der Waals surface area contributed by atoms with E-state index in [9.17, 15) is 13.6 Å². The fourth-order valence-corrected chi connectivity index (χ4v) is 1.78. The number of nitrogens with one attached hydrogen (secondary N) is 1. The van der Waals surface area contributed by atoms with Crippen molar-refractivity contribution in [2.45, 2.75) is 13.5 Å². The van der Waals surface area contributed by atoms with Gasteiger partial charge in [0.05, 0.1) is 0 Å². The first-order valence-corrected chi connectivity index (χ1v) is 6.44. The molecule has 0 radical (unpaired) electrons. The zero-order chi connectivity index (χ0) is 15.2. The van der Waals surface area contributed by atoms with Crippen molar-refractivity contribution in [3.63, 3.8) is 0 Å². The molecular weight excluding hydrogens is 276 g/mol. The van der Waals surface area contributed by atoms with Gasteiger partial charge in [-0.1, -0.05) is 12.1 Å². The second-order valence-corrected chi connectivity index (χ2v) is 4.62. The molecule has 0 saturated carbocycles. The topological polar surface area (TPSA) is 38.3 Å². The van der Waals surface area contributed by atoms with E-state index in [1.165, 1.54) is 0 Å². The van der Waals surface area contributed by atoms with E-state index in [4.69, 9.17) is 4.74 Å². The fourth-order valence-electron chi connectivity index (χ4n) is 1.78. The quantitative estimate of drug-likeness (QED) is 0.919.